The molecule has 0 saturated carbocycles. The molecule has 2 saturated heterocycles. The Morgan fingerprint density at radius 1 is 0.661 bits per heavy atom. The van der Waals surface area contributed by atoms with Crippen LogP contribution in [-0.2, 0) is 61.9 Å². The van der Waals surface area contributed by atoms with Gasteiger partial charge in [0.15, 0.2) is 12.6 Å². The van der Waals surface area contributed by atoms with Crippen LogP contribution in [0.3, 0.4) is 0 Å². The normalized spacial score (nSPS) is 26.0. The zero-order valence-corrected chi connectivity index (χ0v) is 38.6. The molecular weight excluding hydrogens is 827 g/mol. The van der Waals surface area contributed by atoms with Crippen molar-refractivity contribution in [1.82, 2.24) is 10.6 Å². The molecule has 0 spiro atoms. The number of carboxylic acids is 1. The molecule has 17 nitrogen and oxygen atoms in total. The van der Waals surface area contributed by atoms with E-state index in [9.17, 15) is 37.1 Å². The SMILES string of the molecule is CC[C@H]1O[C@@H](OCCCCCCC(=O)OC(C)(C)C)[C@H](NC(C)=O)[C@@H](OC(C)=O)[C@H]1C.CC[C@H]1O[C@@H](OCCCCC[NH3+])[C@H](NC(C)=O)[C@@H](OC(C)=O)[C@H]1C.O=C(O)C(F)(F)F. The smallest absolute Gasteiger partial charge is 0.475 e. The summed E-state index contributed by atoms with van der Waals surface area (Å²) in [5.41, 5.74) is 3.37. The highest BCUT2D eigenvalue weighted by Gasteiger charge is 2.47. The van der Waals surface area contributed by atoms with Crippen molar-refractivity contribution in [2.45, 2.75) is 201 Å². The summed E-state index contributed by atoms with van der Waals surface area (Å²) in [6, 6.07) is -1.07. The van der Waals surface area contributed by atoms with E-state index >= 15 is 0 Å². The minimum absolute atomic E-state index is 0.0261. The van der Waals surface area contributed by atoms with Crippen LogP contribution < -0.4 is 16.4 Å². The maximum absolute atomic E-state index is 11.7. The third-order valence-corrected chi connectivity index (χ3v) is 9.67. The molecule has 62 heavy (non-hydrogen) atoms. The molecule has 6 N–H and O–H groups in total. The Morgan fingerprint density at radius 2 is 1.03 bits per heavy atom. The number of carbonyl (C=O) groups is 6. The van der Waals surface area contributed by atoms with Gasteiger partial charge in [0, 0.05) is 59.2 Å². The average Bonchev–Trinajstić information content (AvgIpc) is 3.14. The molecule has 2 amide bonds. The number of hydrogen-bond donors (Lipinski definition) is 4. The van der Waals surface area contributed by atoms with Crippen LogP contribution in [0.5, 0.6) is 0 Å². The number of carbonyl (C=O) groups excluding carboxylic acids is 5. The van der Waals surface area contributed by atoms with E-state index in [1.54, 1.807) is 0 Å². The molecule has 20 heteroatoms. The van der Waals surface area contributed by atoms with Gasteiger partial charge in [0.25, 0.3) is 0 Å². The Hall–Kier alpha value is -3.59. The molecule has 0 radical (unpaired) electrons. The molecule has 10 atom stereocenters. The molecule has 0 aromatic carbocycles. The first-order chi connectivity index (χ1) is 28.8. The van der Waals surface area contributed by atoms with Crippen molar-refractivity contribution >= 4 is 35.7 Å². The van der Waals surface area contributed by atoms with Gasteiger partial charge in [0.2, 0.25) is 11.8 Å². The molecule has 2 fully saturated rings. The van der Waals surface area contributed by atoms with E-state index in [2.05, 4.69) is 16.4 Å². The highest BCUT2D eigenvalue weighted by atomic mass is 19.4. The number of nitrogens with one attached hydrogen (secondary N) is 2. The molecule has 2 rings (SSSR count). The number of carboxylic acid groups (broad SMARTS) is 1. The lowest BCUT2D eigenvalue weighted by atomic mass is 9.87. The molecule has 0 aromatic heterocycles. The lowest BCUT2D eigenvalue weighted by molar-refractivity contribution is -0.368. The standard InChI is InChI=1S/C23H41NO7.C17H32N2O5.C2HF3O2/c1-8-18-15(2)21(29-17(4)26)20(24-16(3)25)22(30-18)28-14-12-10-9-11-13-19(27)31-23(5,6)7;1-5-14-11(2)16(23-13(4)21)15(19-12(3)20)17(24-14)22-10-8-6-7-9-18;3-2(4,5)1(6)7/h15,18,20-22H,8-14H2,1-7H3,(H,24,25);11,14-17H,5-10,18H2,1-4H3,(H,19,20);(H,6,7)/p+1/t15-,18+,20+,21-,22+;11-,14+,15+,16-,17+;/m00./s1. The maximum atomic E-state index is 11.7. The van der Waals surface area contributed by atoms with Crippen LogP contribution in [0.2, 0.25) is 0 Å². The third kappa shape index (κ3) is 24.3. The van der Waals surface area contributed by atoms with Crippen LogP contribution in [0.15, 0.2) is 0 Å². The fourth-order valence-electron chi connectivity index (χ4n) is 6.86. The van der Waals surface area contributed by atoms with Gasteiger partial charge in [-0.25, -0.2) is 4.79 Å². The van der Waals surface area contributed by atoms with Crippen LogP contribution in [0.4, 0.5) is 13.2 Å². The number of quaternary nitrogens is 1. The van der Waals surface area contributed by atoms with Gasteiger partial charge in [-0.1, -0.05) is 40.5 Å². The van der Waals surface area contributed by atoms with Gasteiger partial charge >= 0.3 is 30.1 Å². The molecule has 0 unspecified atom stereocenters. The van der Waals surface area contributed by atoms with E-state index in [-0.39, 0.29) is 47.8 Å². The predicted octanol–water partition coefficient (Wildman–Crippen LogP) is 4.76. The fraction of sp³-hybridized carbons (Fsp3) is 0.857. The van der Waals surface area contributed by atoms with Crippen LogP contribution in [0.1, 0.15) is 140 Å². The first-order valence-corrected chi connectivity index (χ1v) is 21.5. The number of halogens is 3. The summed E-state index contributed by atoms with van der Waals surface area (Å²) in [5.74, 6) is -4.22. The summed E-state index contributed by atoms with van der Waals surface area (Å²) < 4.78 is 72.1. The molecule has 0 aromatic rings. The highest BCUT2D eigenvalue weighted by Crippen LogP contribution is 2.32. The average molecular weight is 903 g/mol. The van der Waals surface area contributed by atoms with Gasteiger partial charge in [-0.2, -0.15) is 13.2 Å². The molecule has 0 aliphatic carbocycles. The second-order valence-electron chi connectivity index (χ2n) is 16.4. The number of hydrogen-bond acceptors (Lipinski definition) is 13. The van der Waals surface area contributed by atoms with Crippen LogP contribution in [0.25, 0.3) is 0 Å². The topological polar surface area (TPSA) is 239 Å². The van der Waals surface area contributed by atoms with Crippen LogP contribution in [-0.4, -0.2) is 121 Å². The van der Waals surface area contributed by atoms with Gasteiger partial charge in [-0.05, 0) is 65.7 Å². The minimum Gasteiger partial charge on any atom is -0.475 e. The first kappa shape index (κ1) is 58.4. The maximum Gasteiger partial charge on any atom is 0.490 e. The van der Waals surface area contributed by atoms with Gasteiger partial charge in [0.05, 0.1) is 18.8 Å². The second kappa shape index (κ2) is 29.7. The van der Waals surface area contributed by atoms with Crippen molar-refractivity contribution in [2.24, 2.45) is 11.8 Å². The second-order valence-corrected chi connectivity index (χ2v) is 16.4. The van der Waals surface area contributed by atoms with E-state index in [0.29, 0.717) is 19.6 Å². The van der Waals surface area contributed by atoms with Gasteiger partial charge in [-0.3, -0.25) is 24.0 Å². The van der Waals surface area contributed by atoms with Crippen molar-refractivity contribution in [3.8, 4) is 0 Å². The lowest BCUT2D eigenvalue weighted by Crippen LogP contribution is -2.62. The monoisotopic (exact) mass is 903 g/mol. The zero-order valence-electron chi connectivity index (χ0n) is 38.6. The van der Waals surface area contributed by atoms with Crippen molar-refractivity contribution in [3.63, 3.8) is 0 Å². The molecule has 2 aliphatic heterocycles. The fourth-order valence-corrected chi connectivity index (χ4v) is 6.86. The van der Waals surface area contributed by atoms with Crippen molar-refractivity contribution < 1.29 is 85.9 Å². The van der Waals surface area contributed by atoms with E-state index in [0.717, 1.165) is 64.3 Å². The Kier molecular flexibility index (Phi) is 28.0. The number of esters is 3. The van der Waals surface area contributed by atoms with Crippen LogP contribution in [0, 0.1) is 11.8 Å². The zero-order chi connectivity index (χ0) is 47.8. The molecule has 0 bridgehead atoms. The molecule has 2 heterocycles. The highest BCUT2D eigenvalue weighted by molar-refractivity contribution is 5.74. The number of rotatable bonds is 20. The van der Waals surface area contributed by atoms with Gasteiger partial charge in [0.1, 0.15) is 29.9 Å². The van der Waals surface area contributed by atoms with E-state index < -0.39 is 60.6 Å². The molecule has 362 valence electrons. The summed E-state index contributed by atoms with van der Waals surface area (Å²) in [6.07, 6.45) is 0.761. The number of unbranched alkanes of at least 4 members (excludes halogenated alkanes) is 5. The molecule has 2 aliphatic rings. The predicted molar refractivity (Wildman–Crippen MR) is 219 cm³/mol. The van der Waals surface area contributed by atoms with Crippen LogP contribution >= 0.6 is 0 Å². The lowest BCUT2D eigenvalue weighted by Gasteiger charge is -2.44. The Balaban J connectivity index is 0.00000106. The minimum atomic E-state index is -5.08. The van der Waals surface area contributed by atoms with E-state index in [4.69, 9.17) is 43.1 Å². The summed E-state index contributed by atoms with van der Waals surface area (Å²) in [6.45, 7) is 21.0. The van der Waals surface area contributed by atoms with Crippen molar-refractivity contribution in [2.75, 3.05) is 19.8 Å². The number of ether oxygens (including phenoxy) is 7. The Morgan fingerprint density at radius 3 is 1.34 bits per heavy atom. The number of amides is 2. The summed E-state index contributed by atoms with van der Waals surface area (Å²) in [5, 5.41) is 12.8. The Labute approximate surface area is 364 Å². The summed E-state index contributed by atoms with van der Waals surface area (Å²) >= 11 is 0. The summed E-state index contributed by atoms with van der Waals surface area (Å²) in [7, 11) is 0. The van der Waals surface area contributed by atoms with E-state index in [1.807, 2.05) is 48.5 Å². The van der Waals surface area contributed by atoms with Crippen molar-refractivity contribution in [1.29, 1.82) is 0 Å². The Bertz CT molecular complexity index is 1370. The first-order valence-electron chi connectivity index (χ1n) is 21.5. The van der Waals surface area contributed by atoms with E-state index in [1.165, 1.54) is 27.7 Å². The molecular formula is C42H75F3N3O14+. The summed E-state index contributed by atoms with van der Waals surface area (Å²) in [4.78, 5) is 67.1. The van der Waals surface area contributed by atoms with Gasteiger partial charge in [-0.15, -0.1) is 0 Å². The number of alkyl halides is 3. The quantitative estimate of drug-likeness (QED) is 0.0733. The third-order valence-electron chi connectivity index (χ3n) is 9.67. The van der Waals surface area contributed by atoms with Gasteiger partial charge < -0.3 is 54.6 Å². The van der Waals surface area contributed by atoms with Crippen molar-refractivity contribution in [3.05, 3.63) is 0 Å². The number of aliphatic carboxylic acids is 1. The largest absolute Gasteiger partial charge is 0.490 e.